The summed E-state index contributed by atoms with van der Waals surface area (Å²) < 4.78 is 0. The van der Waals surface area contributed by atoms with Gasteiger partial charge in [-0.3, -0.25) is 9.97 Å². The van der Waals surface area contributed by atoms with Crippen molar-refractivity contribution < 1.29 is 0 Å². The summed E-state index contributed by atoms with van der Waals surface area (Å²) in [6.07, 6.45) is 9.25. The fourth-order valence-corrected chi connectivity index (χ4v) is 2.58. The smallest absolute Gasteiger partial charge is 0.0419 e. The standard InChI is InChI=1S/C19H27N3/c1-3-7-16-9-10-19(22-15-16)14-17(4-2)21-13-11-18-8-5-6-12-20-18/h5-6,8-10,12,15,17,21H,3-4,7,11,13-14H2,1-2H3. The average molecular weight is 297 g/mol. The van der Waals surface area contributed by atoms with E-state index in [0.717, 1.165) is 37.9 Å². The van der Waals surface area contributed by atoms with Crippen molar-refractivity contribution in [3.05, 3.63) is 59.7 Å². The van der Waals surface area contributed by atoms with E-state index in [4.69, 9.17) is 0 Å². The SMILES string of the molecule is CCCc1ccc(CC(CC)NCCc2ccccn2)nc1. The van der Waals surface area contributed by atoms with E-state index >= 15 is 0 Å². The van der Waals surface area contributed by atoms with E-state index in [1.54, 1.807) is 0 Å². The van der Waals surface area contributed by atoms with Gasteiger partial charge in [-0.05, 0) is 36.6 Å². The van der Waals surface area contributed by atoms with Crippen LogP contribution in [0, 0.1) is 0 Å². The molecule has 0 spiro atoms. The first kappa shape index (κ1) is 16.6. The van der Waals surface area contributed by atoms with E-state index in [9.17, 15) is 0 Å². The zero-order valence-corrected chi connectivity index (χ0v) is 13.8. The van der Waals surface area contributed by atoms with Crippen molar-refractivity contribution in [3.63, 3.8) is 0 Å². The van der Waals surface area contributed by atoms with Crippen LogP contribution < -0.4 is 5.32 Å². The van der Waals surface area contributed by atoms with Crippen molar-refractivity contribution in [1.82, 2.24) is 15.3 Å². The number of rotatable bonds is 9. The first-order chi connectivity index (χ1) is 10.8. The Kier molecular flexibility index (Phi) is 7.04. The molecule has 2 aromatic rings. The Morgan fingerprint density at radius 3 is 2.55 bits per heavy atom. The molecule has 1 atom stereocenters. The molecule has 0 aliphatic heterocycles. The number of nitrogens with one attached hydrogen (secondary N) is 1. The van der Waals surface area contributed by atoms with Gasteiger partial charge in [-0.25, -0.2) is 0 Å². The zero-order valence-electron chi connectivity index (χ0n) is 13.8. The monoisotopic (exact) mass is 297 g/mol. The van der Waals surface area contributed by atoms with Gasteiger partial charge in [-0.2, -0.15) is 0 Å². The number of aryl methyl sites for hydroxylation is 1. The normalized spacial score (nSPS) is 12.3. The summed E-state index contributed by atoms with van der Waals surface area (Å²) in [7, 11) is 0. The third-order valence-corrected chi connectivity index (χ3v) is 3.91. The highest BCUT2D eigenvalue weighted by atomic mass is 14.9. The largest absolute Gasteiger partial charge is 0.313 e. The summed E-state index contributed by atoms with van der Waals surface area (Å²) in [4.78, 5) is 8.96. The molecule has 0 saturated heterocycles. The Morgan fingerprint density at radius 2 is 1.91 bits per heavy atom. The van der Waals surface area contributed by atoms with E-state index in [2.05, 4.69) is 47.3 Å². The fourth-order valence-electron chi connectivity index (χ4n) is 2.58. The predicted octanol–water partition coefficient (Wildman–Crippen LogP) is 3.58. The quantitative estimate of drug-likeness (QED) is 0.768. The van der Waals surface area contributed by atoms with Gasteiger partial charge in [-0.1, -0.05) is 32.4 Å². The molecule has 1 N–H and O–H groups in total. The van der Waals surface area contributed by atoms with Gasteiger partial charge in [0.25, 0.3) is 0 Å². The molecule has 118 valence electrons. The van der Waals surface area contributed by atoms with Crippen LogP contribution in [-0.4, -0.2) is 22.6 Å². The van der Waals surface area contributed by atoms with Crippen LogP contribution in [0.2, 0.25) is 0 Å². The molecule has 0 aliphatic rings. The van der Waals surface area contributed by atoms with Crippen molar-refractivity contribution in [3.8, 4) is 0 Å². The van der Waals surface area contributed by atoms with Crippen LogP contribution >= 0.6 is 0 Å². The second-order valence-corrected chi connectivity index (χ2v) is 5.74. The van der Waals surface area contributed by atoms with Crippen LogP contribution in [0.15, 0.2) is 42.7 Å². The molecule has 2 heterocycles. The molecule has 0 aromatic carbocycles. The van der Waals surface area contributed by atoms with Crippen LogP contribution in [-0.2, 0) is 19.3 Å². The molecule has 0 fully saturated rings. The van der Waals surface area contributed by atoms with Gasteiger partial charge in [0.05, 0.1) is 0 Å². The van der Waals surface area contributed by atoms with Crippen molar-refractivity contribution in [2.24, 2.45) is 0 Å². The van der Waals surface area contributed by atoms with Gasteiger partial charge >= 0.3 is 0 Å². The average Bonchev–Trinajstić information content (AvgIpc) is 2.57. The van der Waals surface area contributed by atoms with E-state index < -0.39 is 0 Å². The maximum atomic E-state index is 4.60. The van der Waals surface area contributed by atoms with Gasteiger partial charge in [0.15, 0.2) is 0 Å². The minimum Gasteiger partial charge on any atom is -0.313 e. The van der Waals surface area contributed by atoms with Crippen molar-refractivity contribution in [2.75, 3.05) is 6.54 Å². The summed E-state index contributed by atoms with van der Waals surface area (Å²) in [6.45, 7) is 5.39. The highest BCUT2D eigenvalue weighted by Gasteiger charge is 2.08. The summed E-state index contributed by atoms with van der Waals surface area (Å²) >= 11 is 0. The van der Waals surface area contributed by atoms with Crippen LogP contribution in [0.25, 0.3) is 0 Å². The van der Waals surface area contributed by atoms with Gasteiger partial charge < -0.3 is 5.32 Å². The predicted molar refractivity (Wildman–Crippen MR) is 92.0 cm³/mol. The summed E-state index contributed by atoms with van der Waals surface area (Å²) in [5, 5.41) is 3.63. The lowest BCUT2D eigenvalue weighted by molar-refractivity contribution is 0.492. The first-order valence-corrected chi connectivity index (χ1v) is 8.39. The Hall–Kier alpha value is -1.74. The number of hydrogen-bond acceptors (Lipinski definition) is 3. The van der Waals surface area contributed by atoms with Crippen molar-refractivity contribution in [2.45, 2.75) is 52.0 Å². The lowest BCUT2D eigenvalue weighted by Gasteiger charge is -2.16. The summed E-state index contributed by atoms with van der Waals surface area (Å²) in [5.74, 6) is 0. The molecule has 22 heavy (non-hydrogen) atoms. The van der Waals surface area contributed by atoms with Crippen LogP contribution in [0.5, 0.6) is 0 Å². The van der Waals surface area contributed by atoms with Crippen LogP contribution in [0.4, 0.5) is 0 Å². The molecule has 0 amide bonds. The number of nitrogens with zero attached hydrogens (tertiary/aromatic N) is 2. The third kappa shape index (κ3) is 5.57. The van der Waals surface area contributed by atoms with E-state index in [1.165, 1.54) is 17.7 Å². The van der Waals surface area contributed by atoms with E-state index in [1.807, 2.05) is 24.5 Å². The van der Waals surface area contributed by atoms with E-state index in [0.29, 0.717) is 6.04 Å². The highest BCUT2D eigenvalue weighted by Crippen LogP contribution is 2.07. The van der Waals surface area contributed by atoms with Gasteiger partial charge in [0, 0.05) is 49.2 Å². The lowest BCUT2D eigenvalue weighted by Crippen LogP contribution is -2.32. The second-order valence-electron chi connectivity index (χ2n) is 5.74. The molecule has 0 bridgehead atoms. The van der Waals surface area contributed by atoms with Gasteiger partial charge in [0.2, 0.25) is 0 Å². The van der Waals surface area contributed by atoms with Crippen LogP contribution in [0.1, 0.15) is 43.6 Å². The number of pyridine rings is 2. The summed E-state index contributed by atoms with van der Waals surface area (Å²) in [6, 6.07) is 11.0. The molecule has 0 radical (unpaired) electrons. The Balaban J connectivity index is 1.78. The number of hydrogen-bond donors (Lipinski definition) is 1. The van der Waals surface area contributed by atoms with Gasteiger partial charge in [0.1, 0.15) is 0 Å². The molecule has 0 aliphatic carbocycles. The third-order valence-electron chi connectivity index (χ3n) is 3.91. The topological polar surface area (TPSA) is 37.8 Å². The molecule has 3 heteroatoms. The molecule has 2 rings (SSSR count). The molecule has 2 aromatic heterocycles. The lowest BCUT2D eigenvalue weighted by atomic mass is 10.1. The summed E-state index contributed by atoms with van der Waals surface area (Å²) in [5.41, 5.74) is 3.66. The Labute approximate surface area is 134 Å². The molecule has 1 unspecified atom stereocenters. The Morgan fingerprint density at radius 1 is 1.00 bits per heavy atom. The van der Waals surface area contributed by atoms with E-state index in [-0.39, 0.29) is 0 Å². The highest BCUT2D eigenvalue weighted by molar-refractivity contribution is 5.15. The maximum absolute atomic E-state index is 4.60. The molecule has 3 nitrogen and oxygen atoms in total. The first-order valence-electron chi connectivity index (χ1n) is 8.39. The second kappa shape index (κ2) is 9.31. The molecular weight excluding hydrogens is 270 g/mol. The minimum absolute atomic E-state index is 0.480. The maximum Gasteiger partial charge on any atom is 0.0419 e. The zero-order chi connectivity index (χ0) is 15.6. The van der Waals surface area contributed by atoms with Crippen molar-refractivity contribution in [1.29, 1.82) is 0 Å². The molecule has 0 saturated carbocycles. The fraction of sp³-hybridized carbons (Fsp3) is 0.474. The van der Waals surface area contributed by atoms with Crippen molar-refractivity contribution >= 4 is 0 Å². The molecular formula is C19H27N3. The van der Waals surface area contributed by atoms with Gasteiger partial charge in [-0.15, -0.1) is 0 Å². The Bertz CT molecular complexity index is 522. The minimum atomic E-state index is 0.480. The number of aromatic nitrogens is 2. The van der Waals surface area contributed by atoms with Crippen LogP contribution in [0.3, 0.4) is 0 Å².